The molecule has 32 heavy (non-hydrogen) atoms. The Bertz CT molecular complexity index is 1080. The zero-order valence-corrected chi connectivity index (χ0v) is 18.8. The molecule has 0 saturated heterocycles. The Hall–Kier alpha value is -3.06. The van der Waals surface area contributed by atoms with Gasteiger partial charge in [0.25, 0.3) is 5.89 Å². The lowest BCUT2D eigenvalue weighted by Crippen LogP contribution is -2.37. The Morgan fingerprint density at radius 1 is 1.16 bits per heavy atom. The van der Waals surface area contributed by atoms with Crippen LogP contribution in [0, 0.1) is 5.92 Å². The van der Waals surface area contributed by atoms with Gasteiger partial charge < -0.3 is 19.7 Å². The number of aromatic nitrogens is 2. The molecule has 2 atom stereocenters. The first-order valence-electron chi connectivity index (χ1n) is 10.8. The van der Waals surface area contributed by atoms with Gasteiger partial charge in [-0.1, -0.05) is 29.6 Å². The Labute approximate surface area is 191 Å². The van der Waals surface area contributed by atoms with Crippen LogP contribution in [0.2, 0.25) is 5.02 Å². The van der Waals surface area contributed by atoms with Gasteiger partial charge in [-0.25, -0.2) is 0 Å². The number of rotatable bonds is 7. The smallest absolute Gasteiger partial charge is 0.308 e. The number of nitrogens with zero attached hydrogens (tertiary/aromatic N) is 2. The number of carboxylic acids is 1. The molecule has 0 radical (unpaired) electrons. The summed E-state index contributed by atoms with van der Waals surface area (Å²) in [4.78, 5) is 16.0. The lowest BCUT2D eigenvalue weighted by Gasteiger charge is -2.30. The molecule has 0 spiro atoms. The van der Waals surface area contributed by atoms with E-state index in [4.69, 9.17) is 20.9 Å². The van der Waals surface area contributed by atoms with Crippen LogP contribution in [0.15, 0.2) is 47.0 Å². The molecule has 4 rings (SSSR count). The summed E-state index contributed by atoms with van der Waals surface area (Å²) in [6.07, 6.45) is 3.60. The third-order valence-electron chi connectivity index (χ3n) is 5.55. The first-order valence-corrected chi connectivity index (χ1v) is 11.2. The van der Waals surface area contributed by atoms with E-state index in [9.17, 15) is 9.90 Å². The van der Waals surface area contributed by atoms with Crippen LogP contribution in [-0.2, 0) is 4.79 Å². The highest BCUT2D eigenvalue weighted by molar-refractivity contribution is 6.32. The summed E-state index contributed by atoms with van der Waals surface area (Å²) in [7, 11) is 0. The van der Waals surface area contributed by atoms with E-state index in [0.29, 0.717) is 28.9 Å². The molecular formula is C24H26ClN3O4. The van der Waals surface area contributed by atoms with Crippen LogP contribution in [0.3, 0.4) is 0 Å². The molecule has 1 saturated carbocycles. The number of carbonyl (C=O) groups is 1. The third kappa shape index (κ3) is 5.05. The topological polar surface area (TPSA) is 97.5 Å². The number of halogens is 1. The summed E-state index contributed by atoms with van der Waals surface area (Å²) < 4.78 is 11.1. The molecule has 0 amide bonds. The van der Waals surface area contributed by atoms with Gasteiger partial charge in [-0.2, -0.15) is 4.98 Å². The normalized spacial score (nSPS) is 18.5. The van der Waals surface area contributed by atoms with Gasteiger partial charge in [0, 0.05) is 22.9 Å². The van der Waals surface area contributed by atoms with Crippen molar-refractivity contribution in [1.82, 2.24) is 10.1 Å². The second kappa shape index (κ2) is 9.61. The second-order valence-electron chi connectivity index (χ2n) is 8.29. The average Bonchev–Trinajstić information content (AvgIpc) is 3.26. The van der Waals surface area contributed by atoms with Gasteiger partial charge in [0.15, 0.2) is 0 Å². The molecule has 7 nitrogen and oxygen atoms in total. The maximum Gasteiger partial charge on any atom is 0.308 e. The molecule has 0 aliphatic heterocycles. The first kappa shape index (κ1) is 22.1. The molecule has 168 valence electrons. The summed E-state index contributed by atoms with van der Waals surface area (Å²) in [5.74, 6) is 0.352. The molecule has 1 aliphatic rings. The summed E-state index contributed by atoms with van der Waals surface area (Å²) in [5, 5.41) is 17.4. The lowest BCUT2D eigenvalue weighted by atomic mass is 9.84. The van der Waals surface area contributed by atoms with Crippen molar-refractivity contribution < 1.29 is 19.2 Å². The maximum absolute atomic E-state index is 11.5. The highest BCUT2D eigenvalue weighted by atomic mass is 35.5. The molecule has 2 unspecified atom stereocenters. The van der Waals surface area contributed by atoms with E-state index in [-0.39, 0.29) is 18.1 Å². The van der Waals surface area contributed by atoms with Crippen molar-refractivity contribution in [1.29, 1.82) is 0 Å². The second-order valence-corrected chi connectivity index (χ2v) is 8.70. The zero-order chi connectivity index (χ0) is 22.7. The minimum atomic E-state index is -0.735. The Morgan fingerprint density at radius 3 is 2.56 bits per heavy atom. The van der Waals surface area contributed by atoms with E-state index in [1.54, 1.807) is 12.1 Å². The average molecular weight is 456 g/mol. The highest BCUT2D eigenvalue weighted by Gasteiger charge is 2.30. The van der Waals surface area contributed by atoms with Gasteiger partial charge in [0.1, 0.15) is 5.75 Å². The number of aliphatic carboxylic acids is 1. The molecule has 3 aromatic rings. The summed E-state index contributed by atoms with van der Waals surface area (Å²) in [5.41, 5.74) is 2.38. The van der Waals surface area contributed by atoms with Crippen molar-refractivity contribution in [3.05, 3.63) is 47.5 Å². The van der Waals surface area contributed by atoms with Crippen LogP contribution >= 0.6 is 11.6 Å². The molecule has 1 fully saturated rings. The monoisotopic (exact) mass is 455 g/mol. The largest absolute Gasteiger partial charge is 0.489 e. The molecule has 0 bridgehead atoms. The van der Waals surface area contributed by atoms with Crippen molar-refractivity contribution in [3.8, 4) is 28.6 Å². The van der Waals surface area contributed by atoms with Gasteiger partial charge in [-0.15, -0.1) is 0 Å². The summed E-state index contributed by atoms with van der Waals surface area (Å²) in [6, 6.07) is 12.9. The van der Waals surface area contributed by atoms with Crippen LogP contribution in [-0.4, -0.2) is 33.4 Å². The number of hydrogen-bond acceptors (Lipinski definition) is 6. The minimum Gasteiger partial charge on any atom is -0.489 e. The van der Waals surface area contributed by atoms with Gasteiger partial charge in [0.05, 0.1) is 17.0 Å². The molecule has 8 heteroatoms. The van der Waals surface area contributed by atoms with E-state index in [2.05, 4.69) is 15.5 Å². The number of benzene rings is 2. The predicted octanol–water partition coefficient (Wildman–Crippen LogP) is 5.90. The number of ether oxygens (including phenoxy) is 1. The number of anilines is 1. The molecule has 2 aromatic carbocycles. The van der Waals surface area contributed by atoms with Crippen molar-refractivity contribution in [2.24, 2.45) is 5.92 Å². The highest BCUT2D eigenvalue weighted by Crippen LogP contribution is 2.32. The van der Waals surface area contributed by atoms with E-state index in [1.165, 1.54) is 0 Å². The molecule has 2 N–H and O–H groups in total. The molecule has 1 aromatic heterocycles. The quantitative estimate of drug-likeness (QED) is 0.457. The summed E-state index contributed by atoms with van der Waals surface area (Å²) >= 11 is 6.32. The van der Waals surface area contributed by atoms with Crippen molar-refractivity contribution in [2.45, 2.75) is 51.7 Å². The van der Waals surface area contributed by atoms with Gasteiger partial charge in [-0.05, 0) is 69.2 Å². The Morgan fingerprint density at radius 2 is 1.88 bits per heavy atom. The van der Waals surface area contributed by atoms with E-state index < -0.39 is 5.97 Å². The molecule has 1 heterocycles. The minimum absolute atomic E-state index is 0.0284. The fraction of sp³-hybridized carbons (Fsp3) is 0.375. The van der Waals surface area contributed by atoms with Gasteiger partial charge in [-0.3, -0.25) is 4.79 Å². The summed E-state index contributed by atoms with van der Waals surface area (Å²) in [6.45, 7) is 3.88. The van der Waals surface area contributed by atoms with Crippen molar-refractivity contribution >= 4 is 23.3 Å². The number of carboxylic acid groups (broad SMARTS) is 1. The third-order valence-corrected chi connectivity index (χ3v) is 5.84. The van der Waals surface area contributed by atoms with Crippen LogP contribution in [0.4, 0.5) is 5.69 Å². The fourth-order valence-electron chi connectivity index (χ4n) is 3.97. The predicted molar refractivity (Wildman–Crippen MR) is 123 cm³/mol. The van der Waals surface area contributed by atoms with Crippen LogP contribution in [0.25, 0.3) is 22.8 Å². The standard InChI is InChI=1S/C24H26ClN3O4/c1-14(2)31-21-12-9-16(13-19(21)25)22-27-23(32-28-22)15-7-10-17(11-8-15)26-20-6-4-3-5-18(20)24(29)30/h7-14,18,20,26H,3-6H2,1-2H3,(H,29,30). The van der Waals surface area contributed by atoms with Gasteiger partial charge in [0.2, 0.25) is 5.82 Å². The van der Waals surface area contributed by atoms with Crippen molar-refractivity contribution in [3.63, 3.8) is 0 Å². The van der Waals surface area contributed by atoms with Crippen molar-refractivity contribution in [2.75, 3.05) is 5.32 Å². The molecule has 1 aliphatic carbocycles. The van der Waals surface area contributed by atoms with Crippen LogP contribution in [0.1, 0.15) is 39.5 Å². The molecular weight excluding hydrogens is 430 g/mol. The zero-order valence-electron chi connectivity index (χ0n) is 18.0. The number of hydrogen-bond donors (Lipinski definition) is 2. The SMILES string of the molecule is CC(C)Oc1ccc(-c2noc(-c3ccc(NC4CCCCC4C(=O)O)cc3)n2)cc1Cl. The Balaban J connectivity index is 1.46. The van der Waals surface area contributed by atoms with E-state index >= 15 is 0 Å². The van der Waals surface area contributed by atoms with Crippen LogP contribution < -0.4 is 10.1 Å². The van der Waals surface area contributed by atoms with Crippen LogP contribution in [0.5, 0.6) is 5.75 Å². The van der Waals surface area contributed by atoms with Gasteiger partial charge >= 0.3 is 5.97 Å². The maximum atomic E-state index is 11.5. The fourth-order valence-corrected chi connectivity index (χ4v) is 4.19. The lowest BCUT2D eigenvalue weighted by molar-refractivity contribution is -0.143. The number of nitrogens with one attached hydrogen (secondary N) is 1. The van der Waals surface area contributed by atoms with E-state index in [0.717, 1.165) is 36.1 Å². The van der Waals surface area contributed by atoms with E-state index in [1.807, 2.05) is 44.2 Å². The Kier molecular flexibility index (Phi) is 6.65. The first-order chi connectivity index (χ1) is 15.4.